The van der Waals surface area contributed by atoms with Crippen LogP contribution in [0.25, 0.3) is 0 Å². The summed E-state index contributed by atoms with van der Waals surface area (Å²) in [5.74, 6) is -1.46. The minimum Gasteiger partial charge on any atom is -0.481 e. The SMILES string of the molecule is COC(=O)N1CCCN(c2ccc(C(=O)NC(CC(=O)O)c3cccnc3)cc2N)CC1. The van der Waals surface area contributed by atoms with Crippen molar-refractivity contribution in [1.29, 1.82) is 0 Å². The molecule has 3 rings (SSSR count). The number of carbonyl (C=O) groups is 3. The highest BCUT2D eigenvalue weighted by Crippen LogP contribution is 2.26. The van der Waals surface area contributed by atoms with Crippen molar-refractivity contribution in [2.24, 2.45) is 0 Å². The number of hydrogen-bond donors (Lipinski definition) is 3. The molecule has 10 nitrogen and oxygen atoms in total. The molecule has 1 atom stereocenters. The molecule has 1 aliphatic rings. The maximum atomic E-state index is 12.8. The van der Waals surface area contributed by atoms with Crippen LogP contribution in [0, 0.1) is 0 Å². The van der Waals surface area contributed by atoms with Gasteiger partial charge in [-0.15, -0.1) is 0 Å². The van der Waals surface area contributed by atoms with Crippen LogP contribution in [0.4, 0.5) is 16.2 Å². The average molecular weight is 441 g/mol. The van der Waals surface area contributed by atoms with Crippen molar-refractivity contribution in [2.45, 2.75) is 18.9 Å². The topological polar surface area (TPSA) is 138 Å². The van der Waals surface area contributed by atoms with Gasteiger partial charge in [-0.3, -0.25) is 14.6 Å². The third-order valence-electron chi connectivity index (χ3n) is 5.33. The number of ether oxygens (including phenoxy) is 1. The molecule has 0 saturated carbocycles. The van der Waals surface area contributed by atoms with Gasteiger partial charge in [0.05, 0.1) is 30.9 Å². The normalized spacial score (nSPS) is 14.9. The molecule has 2 aromatic rings. The quantitative estimate of drug-likeness (QED) is 0.578. The van der Waals surface area contributed by atoms with Gasteiger partial charge in [-0.05, 0) is 36.2 Å². The number of benzene rings is 1. The van der Waals surface area contributed by atoms with Gasteiger partial charge < -0.3 is 30.7 Å². The van der Waals surface area contributed by atoms with Crippen LogP contribution in [-0.4, -0.2) is 66.2 Å². The standard InChI is InChI=1S/C22H27N5O5/c1-32-22(31)27-9-3-8-26(10-11-27)19-6-5-15(12-17(19)23)21(30)25-18(13-20(28)29)16-4-2-7-24-14-16/h2,4-7,12,14,18H,3,8-11,13,23H2,1H3,(H,25,30)(H,28,29). The van der Waals surface area contributed by atoms with Crippen molar-refractivity contribution in [1.82, 2.24) is 15.2 Å². The summed E-state index contributed by atoms with van der Waals surface area (Å²) in [6, 6.07) is 7.69. The van der Waals surface area contributed by atoms with Gasteiger partial charge in [0.2, 0.25) is 0 Å². The van der Waals surface area contributed by atoms with Gasteiger partial charge in [-0.25, -0.2) is 4.79 Å². The predicted molar refractivity (Wildman–Crippen MR) is 118 cm³/mol. The van der Waals surface area contributed by atoms with E-state index in [-0.39, 0.29) is 12.5 Å². The third kappa shape index (κ3) is 5.65. The molecular weight excluding hydrogens is 414 g/mol. The average Bonchev–Trinajstić information content (AvgIpc) is 3.04. The van der Waals surface area contributed by atoms with Gasteiger partial charge in [0.25, 0.3) is 5.91 Å². The van der Waals surface area contributed by atoms with E-state index in [1.54, 1.807) is 41.4 Å². The molecule has 0 spiro atoms. The summed E-state index contributed by atoms with van der Waals surface area (Å²) >= 11 is 0. The van der Waals surface area contributed by atoms with E-state index in [4.69, 9.17) is 10.5 Å². The molecule has 1 aliphatic heterocycles. The van der Waals surface area contributed by atoms with Crippen LogP contribution >= 0.6 is 0 Å². The molecule has 1 unspecified atom stereocenters. The summed E-state index contributed by atoms with van der Waals surface area (Å²) in [6.45, 7) is 2.41. The molecule has 170 valence electrons. The van der Waals surface area contributed by atoms with Gasteiger partial charge in [0, 0.05) is 44.1 Å². The second kappa shape index (κ2) is 10.5. The zero-order chi connectivity index (χ0) is 23.1. The fourth-order valence-corrected chi connectivity index (χ4v) is 3.70. The number of carboxylic acid groups (broad SMARTS) is 1. The Labute approximate surface area is 186 Å². The molecule has 1 aromatic carbocycles. The number of pyridine rings is 1. The fourth-order valence-electron chi connectivity index (χ4n) is 3.70. The molecule has 2 heterocycles. The lowest BCUT2D eigenvalue weighted by Crippen LogP contribution is -2.35. The highest BCUT2D eigenvalue weighted by Gasteiger charge is 2.22. The number of methoxy groups -OCH3 is 1. The van der Waals surface area contributed by atoms with Crippen LogP contribution in [0.5, 0.6) is 0 Å². The van der Waals surface area contributed by atoms with Crippen LogP contribution in [0.15, 0.2) is 42.7 Å². The summed E-state index contributed by atoms with van der Waals surface area (Å²) in [7, 11) is 1.36. The first-order chi connectivity index (χ1) is 15.4. The van der Waals surface area contributed by atoms with Crippen molar-refractivity contribution in [3.8, 4) is 0 Å². The number of amides is 2. The number of hydrogen-bond acceptors (Lipinski definition) is 7. The van der Waals surface area contributed by atoms with Crippen molar-refractivity contribution >= 4 is 29.3 Å². The number of aromatic nitrogens is 1. The van der Waals surface area contributed by atoms with E-state index < -0.39 is 17.9 Å². The molecule has 10 heteroatoms. The molecule has 1 saturated heterocycles. The van der Waals surface area contributed by atoms with E-state index >= 15 is 0 Å². The van der Waals surface area contributed by atoms with Crippen molar-refractivity contribution < 1.29 is 24.2 Å². The Morgan fingerprint density at radius 2 is 2.03 bits per heavy atom. The molecular formula is C22H27N5O5. The first-order valence-corrected chi connectivity index (χ1v) is 10.3. The second-order valence-electron chi connectivity index (χ2n) is 7.48. The molecule has 4 N–H and O–H groups in total. The van der Waals surface area contributed by atoms with Crippen molar-refractivity contribution in [3.63, 3.8) is 0 Å². The molecule has 0 aliphatic carbocycles. The zero-order valence-electron chi connectivity index (χ0n) is 17.9. The summed E-state index contributed by atoms with van der Waals surface area (Å²) in [6.07, 6.45) is 3.25. The highest BCUT2D eigenvalue weighted by atomic mass is 16.5. The lowest BCUT2D eigenvalue weighted by molar-refractivity contribution is -0.137. The Bertz CT molecular complexity index is 968. The van der Waals surface area contributed by atoms with E-state index in [9.17, 15) is 19.5 Å². The highest BCUT2D eigenvalue weighted by molar-refractivity contribution is 5.96. The summed E-state index contributed by atoms with van der Waals surface area (Å²) < 4.78 is 4.80. The number of rotatable bonds is 6. The second-order valence-corrected chi connectivity index (χ2v) is 7.48. The first kappa shape index (κ1) is 22.9. The molecule has 0 bridgehead atoms. The number of nitrogen functional groups attached to an aromatic ring is 1. The maximum Gasteiger partial charge on any atom is 0.409 e. The Kier molecular flexibility index (Phi) is 7.48. The van der Waals surface area contributed by atoms with Gasteiger partial charge in [-0.2, -0.15) is 0 Å². The zero-order valence-corrected chi connectivity index (χ0v) is 17.9. The smallest absolute Gasteiger partial charge is 0.409 e. The number of nitrogens with zero attached hydrogens (tertiary/aromatic N) is 3. The van der Waals surface area contributed by atoms with E-state index in [1.165, 1.54) is 13.3 Å². The lowest BCUT2D eigenvalue weighted by Gasteiger charge is -2.25. The molecule has 0 radical (unpaired) electrons. The molecule has 2 amide bonds. The van der Waals surface area contributed by atoms with E-state index in [0.717, 1.165) is 12.1 Å². The largest absolute Gasteiger partial charge is 0.481 e. The number of nitrogens with two attached hydrogens (primary N) is 1. The summed E-state index contributed by atoms with van der Waals surface area (Å²) in [5.41, 5.74) is 8.40. The lowest BCUT2D eigenvalue weighted by atomic mass is 10.0. The number of anilines is 2. The Morgan fingerprint density at radius 3 is 2.69 bits per heavy atom. The van der Waals surface area contributed by atoms with Gasteiger partial charge in [0.15, 0.2) is 0 Å². The third-order valence-corrected chi connectivity index (χ3v) is 5.33. The first-order valence-electron chi connectivity index (χ1n) is 10.3. The van der Waals surface area contributed by atoms with Crippen LogP contribution < -0.4 is 16.0 Å². The number of carboxylic acids is 1. The van der Waals surface area contributed by atoms with Crippen molar-refractivity contribution in [2.75, 3.05) is 43.9 Å². The Balaban J connectivity index is 1.71. The van der Waals surface area contributed by atoms with Crippen LogP contribution in [0.2, 0.25) is 0 Å². The number of nitrogens with one attached hydrogen (secondary N) is 1. The number of aliphatic carboxylic acids is 1. The van der Waals surface area contributed by atoms with E-state index in [2.05, 4.69) is 15.2 Å². The predicted octanol–water partition coefficient (Wildman–Crippen LogP) is 1.89. The van der Waals surface area contributed by atoms with E-state index in [0.29, 0.717) is 43.0 Å². The molecule has 1 fully saturated rings. The Morgan fingerprint density at radius 1 is 1.22 bits per heavy atom. The van der Waals surface area contributed by atoms with Gasteiger partial charge >= 0.3 is 12.1 Å². The van der Waals surface area contributed by atoms with E-state index in [1.807, 2.05) is 0 Å². The fraction of sp³-hybridized carbons (Fsp3) is 0.364. The Hall–Kier alpha value is -3.82. The van der Waals surface area contributed by atoms with Crippen LogP contribution in [-0.2, 0) is 9.53 Å². The molecule has 1 aromatic heterocycles. The minimum atomic E-state index is -1.03. The van der Waals surface area contributed by atoms with Crippen molar-refractivity contribution in [3.05, 3.63) is 53.9 Å². The minimum absolute atomic E-state index is 0.268. The van der Waals surface area contributed by atoms with Crippen LogP contribution in [0.1, 0.15) is 34.8 Å². The monoisotopic (exact) mass is 441 g/mol. The van der Waals surface area contributed by atoms with Gasteiger partial charge in [-0.1, -0.05) is 6.07 Å². The van der Waals surface area contributed by atoms with Gasteiger partial charge in [0.1, 0.15) is 0 Å². The number of carbonyl (C=O) groups excluding carboxylic acids is 2. The molecule has 32 heavy (non-hydrogen) atoms. The summed E-state index contributed by atoms with van der Waals surface area (Å²) in [5, 5.41) is 12.0. The summed E-state index contributed by atoms with van der Waals surface area (Å²) in [4.78, 5) is 43.6. The maximum absolute atomic E-state index is 12.8. The van der Waals surface area contributed by atoms with Crippen LogP contribution in [0.3, 0.4) is 0 Å².